The van der Waals surface area contributed by atoms with Crippen molar-refractivity contribution in [1.29, 1.82) is 0 Å². The molecule has 1 unspecified atom stereocenters. The van der Waals surface area contributed by atoms with Crippen LogP contribution < -0.4 is 10.6 Å². The number of anilines is 1. The number of benzene rings is 2. The van der Waals surface area contributed by atoms with Crippen molar-refractivity contribution >= 4 is 28.8 Å². The normalized spacial score (nSPS) is 18.6. The van der Waals surface area contributed by atoms with Crippen LogP contribution in [0.2, 0.25) is 0 Å². The van der Waals surface area contributed by atoms with Crippen LogP contribution in [-0.2, 0) is 4.79 Å². The average Bonchev–Trinajstić information content (AvgIpc) is 3.30. The average molecular weight is 500 g/mol. The molecule has 0 saturated heterocycles. The molecular formula is C26H27F2N3O3S. The molecule has 35 heavy (non-hydrogen) atoms. The fourth-order valence-electron chi connectivity index (χ4n) is 4.49. The first-order valence-corrected chi connectivity index (χ1v) is 12.4. The number of nitrogens with zero attached hydrogens (tertiary/aromatic N) is 1. The molecule has 0 aliphatic heterocycles. The number of aliphatic hydroxyl groups excluding tert-OH is 1. The number of aromatic nitrogens is 1. The maximum Gasteiger partial charge on any atom is 0.261 e. The Labute approximate surface area is 206 Å². The highest BCUT2D eigenvalue weighted by Gasteiger charge is 2.26. The molecule has 1 heterocycles. The highest BCUT2D eigenvalue weighted by Crippen LogP contribution is 2.40. The van der Waals surface area contributed by atoms with Crippen LogP contribution >= 0.6 is 11.3 Å². The minimum Gasteiger partial charge on any atom is -0.374 e. The van der Waals surface area contributed by atoms with Crippen LogP contribution in [-0.4, -0.2) is 28.1 Å². The summed E-state index contributed by atoms with van der Waals surface area (Å²) in [5.74, 6) is -2.13. The van der Waals surface area contributed by atoms with Crippen LogP contribution in [0.5, 0.6) is 0 Å². The molecule has 3 aromatic rings. The summed E-state index contributed by atoms with van der Waals surface area (Å²) in [5.41, 5.74) is 0.768. The molecule has 184 valence electrons. The lowest BCUT2D eigenvalue weighted by molar-refractivity contribution is -0.122. The van der Waals surface area contributed by atoms with E-state index in [1.165, 1.54) is 13.0 Å². The van der Waals surface area contributed by atoms with E-state index in [2.05, 4.69) is 15.6 Å². The molecular weight excluding hydrogens is 472 g/mol. The Kier molecular flexibility index (Phi) is 7.87. The minimum atomic E-state index is -0.908. The topological polar surface area (TPSA) is 91.3 Å². The summed E-state index contributed by atoms with van der Waals surface area (Å²) < 4.78 is 27.7. The lowest BCUT2D eigenvalue weighted by Crippen LogP contribution is -2.35. The smallest absolute Gasteiger partial charge is 0.261 e. The predicted octanol–water partition coefficient (Wildman–Crippen LogP) is 5.46. The second kappa shape index (κ2) is 11.0. The molecule has 1 aliphatic carbocycles. The van der Waals surface area contributed by atoms with Crippen molar-refractivity contribution in [3.8, 4) is 10.4 Å². The third-order valence-corrected chi connectivity index (χ3v) is 7.47. The molecule has 0 bridgehead atoms. The molecule has 0 spiro atoms. The van der Waals surface area contributed by atoms with Crippen molar-refractivity contribution in [3.63, 3.8) is 0 Å². The number of hydrogen-bond donors (Lipinski definition) is 3. The number of halogens is 2. The maximum atomic E-state index is 13.8. The molecule has 9 heteroatoms. The predicted molar refractivity (Wildman–Crippen MR) is 131 cm³/mol. The van der Waals surface area contributed by atoms with Gasteiger partial charge < -0.3 is 15.7 Å². The molecule has 1 aromatic heterocycles. The number of nitrogens with one attached hydrogen (secondary N) is 2. The SMILES string of the molecule is CC(=O)NC(O)CC1CCC(c2ncc(-c3ccc(NC(=O)c4c(F)cccc4F)cc3)s2)CC1. The van der Waals surface area contributed by atoms with Crippen molar-refractivity contribution in [1.82, 2.24) is 10.3 Å². The Hall–Kier alpha value is -3.17. The first kappa shape index (κ1) is 24.9. The lowest BCUT2D eigenvalue weighted by atomic mass is 9.80. The summed E-state index contributed by atoms with van der Waals surface area (Å²) in [6, 6.07) is 10.4. The molecule has 2 amide bonds. The van der Waals surface area contributed by atoms with Gasteiger partial charge in [0.15, 0.2) is 0 Å². The van der Waals surface area contributed by atoms with E-state index >= 15 is 0 Å². The Balaban J connectivity index is 1.34. The summed E-state index contributed by atoms with van der Waals surface area (Å²) in [5, 5.41) is 16.1. The van der Waals surface area contributed by atoms with E-state index in [0.29, 0.717) is 23.9 Å². The summed E-state index contributed by atoms with van der Waals surface area (Å²) in [7, 11) is 0. The highest BCUT2D eigenvalue weighted by atomic mass is 32.1. The van der Waals surface area contributed by atoms with Crippen LogP contribution in [0.1, 0.15) is 60.3 Å². The fraction of sp³-hybridized carbons (Fsp3) is 0.346. The Bertz CT molecular complexity index is 1170. The number of aliphatic hydroxyl groups is 1. The van der Waals surface area contributed by atoms with Crippen molar-refractivity contribution in [3.05, 3.63) is 70.9 Å². The van der Waals surface area contributed by atoms with E-state index in [1.807, 2.05) is 18.3 Å². The Morgan fingerprint density at radius 3 is 2.37 bits per heavy atom. The lowest BCUT2D eigenvalue weighted by Gasteiger charge is -2.28. The van der Waals surface area contributed by atoms with Gasteiger partial charge in [-0.25, -0.2) is 13.8 Å². The minimum absolute atomic E-state index is 0.226. The zero-order chi connectivity index (χ0) is 24.9. The molecule has 1 atom stereocenters. The van der Waals surface area contributed by atoms with E-state index in [4.69, 9.17) is 0 Å². The zero-order valence-electron chi connectivity index (χ0n) is 19.3. The fourth-order valence-corrected chi connectivity index (χ4v) is 5.58. The molecule has 2 aromatic carbocycles. The van der Waals surface area contributed by atoms with Crippen molar-refractivity contribution < 1.29 is 23.5 Å². The van der Waals surface area contributed by atoms with E-state index in [-0.39, 0.29) is 5.91 Å². The first-order chi connectivity index (χ1) is 16.8. The van der Waals surface area contributed by atoms with Gasteiger partial charge in [0.25, 0.3) is 5.91 Å². The number of thiazole rings is 1. The maximum absolute atomic E-state index is 13.8. The Morgan fingerprint density at radius 1 is 1.09 bits per heavy atom. The third kappa shape index (κ3) is 6.29. The first-order valence-electron chi connectivity index (χ1n) is 11.6. The number of rotatable bonds is 7. The van der Waals surface area contributed by atoms with Gasteiger partial charge in [-0.3, -0.25) is 9.59 Å². The number of carbonyl (C=O) groups excluding carboxylic acids is 2. The third-order valence-electron chi connectivity index (χ3n) is 6.26. The van der Waals surface area contributed by atoms with Gasteiger partial charge in [0.1, 0.15) is 23.4 Å². The van der Waals surface area contributed by atoms with Crippen molar-refractivity contribution in [2.75, 3.05) is 5.32 Å². The van der Waals surface area contributed by atoms with Crippen molar-refractivity contribution in [2.24, 2.45) is 5.92 Å². The molecule has 6 nitrogen and oxygen atoms in total. The van der Waals surface area contributed by atoms with Gasteiger partial charge in [0, 0.05) is 24.7 Å². The number of hydrogen-bond acceptors (Lipinski definition) is 5. The van der Waals surface area contributed by atoms with Crippen LogP contribution in [0.15, 0.2) is 48.7 Å². The number of carbonyl (C=O) groups is 2. The van der Waals surface area contributed by atoms with Crippen LogP contribution in [0.25, 0.3) is 10.4 Å². The molecule has 4 rings (SSSR count). The summed E-state index contributed by atoms with van der Waals surface area (Å²) in [6.45, 7) is 1.40. The van der Waals surface area contributed by atoms with Gasteiger partial charge in [0.2, 0.25) is 5.91 Å². The van der Waals surface area contributed by atoms with E-state index in [9.17, 15) is 23.5 Å². The molecule has 3 N–H and O–H groups in total. The summed E-state index contributed by atoms with van der Waals surface area (Å²) >= 11 is 1.63. The molecule has 0 radical (unpaired) electrons. The molecule has 1 fully saturated rings. The largest absolute Gasteiger partial charge is 0.374 e. The van der Waals surface area contributed by atoms with E-state index in [0.717, 1.165) is 53.3 Å². The second-order valence-electron chi connectivity index (χ2n) is 8.86. The summed E-state index contributed by atoms with van der Waals surface area (Å²) in [4.78, 5) is 29.0. The molecule has 1 saturated carbocycles. The van der Waals surface area contributed by atoms with Crippen molar-refractivity contribution in [2.45, 2.75) is 51.2 Å². The van der Waals surface area contributed by atoms with Gasteiger partial charge in [-0.1, -0.05) is 18.2 Å². The second-order valence-corrected chi connectivity index (χ2v) is 9.92. The van der Waals surface area contributed by atoms with Gasteiger partial charge >= 0.3 is 0 Å². The zero-order valence-corrected chi connectivity index (χ0v) is 20.1. The van der Waals surface area contributed by atoms with Crippen LogP contribution in [0.3, 0.4) is 0 Å². The van der Waals surface area contributed by atoms with Gasteiger partial charge in [-0.05, 0) is 67.9 Å². The standard InChI is InChI=1S/C26H27F2N3O3S/c1-15(32)30-23(33)13-16-5-7-18(8-6-16)26-29-14-22(35-26)17-9-11-19(12-10-17)31-25(34)24-20(27)3-2-4-21(24)28/h2-4,9-12,14,16,18,23,33H,5-8,13H2,1H3,(H,30,32)(H,31,34). The van der Waals surface area contributed by atoms with Crippen LogP contribution in [0, 0.1) is 17.6 Å². The van der Waals surface area contributed by atoms with Gasteiger partial charge in [-0.15, -0.1) is 11.3 Å². The highest BCUT2D eigenvalue weighted by molar-refractivity contribution is 7.15. The van der Waals surface area contributed by atoms with Gasteiger partial charge in [-0.2, -0.15) is 0 Å². The Morgan fingerprint density at radius 2 is 1.74 bits per heavy atom. The van der Waals surface area contributed by atoms with E-state index in [1.54, 1.807) is 23.5 Å². The van der Waals surface area contributed by atoms with E-state index < -0.39 is 29.3 Å². The number of amides is 2. The molecule has 1 aliphatic rings. The monoisotopic (exact) mass is 499 g/mol. The summed E-state index contributed by atoms with van der Waals surface area (Å²) in [6.07, 6.45) is 5.56. The van der Waals surface area contributed by atoms with Gasteiger partial charge in [0.05, 0.1) is 9.88 Å². The quantitative estimate of drug-likeness (QED) is 0.377. The van der Waals surface area contributed by atoms with Crippen LogP contribution in [0.4, 0.5) is 14.5 Å².